The van der Waals surface area contributed by atoms with E-state index in [-0.39, 0.29) is 22.7 Å². The van der Waals surface area contributed by atoms with E-state index >= 15 is 0 Å². The van der Waals surface area contributed by atoms with E-state index in [0.29, 0.717) is 5.69 Å². The third-order valence-electron chi connectivity index (χ3n) is 4.14. The molecule has 0 saturated heterocycles. The fraction of sp³-hybridized carbons (Fsp3) is 0.0952. The summed E-state index contributed by atoms with van der Waals surface area (Å²) in [4.78, 5) is 12.5. The molecule has 0 aliphatic heterocycles. The van der Waals surface area contributed by atoms with Gasteiger partial charge in [0.05, 0.1) is 16.3 Å². The maximum Gasteiger partial charge on any atom is 0.264 e. The zero-order valence-corrected chi connectivity index (χ0v) is 16.0. The molecule has 0 aliphatic rings. The molecular weight excluding hydrogens is 379 g/mol. The summed E-state index contributed by atoms with van der Waals surface area (Å²) in [5.74, 6) is -1.16. The van der Waals surface area contributed by atoms with Crippen LogP contribution in [0.5, 0.6) is 0 Å². The first-order chi connectivity index (χ1) is 13.4. The minimum absolute atomic E-state index is 0.0145. The molecule has 3 aromatic rings. The van der Waals surface area contributed by atoms with Crippen molar-refractivity contribution in [1.29, 1.82) is 0 Å². The number of para-hydroxylation sites is 2. The molecule has 3 rings (SSSR count). The van der Waals surface area contributed by atoms with Crippen molar-refractivity contribution in [1.82, 2.24) is 0 Å². The number of carbonyl (C=O) groups is 1. The molecule has 0 fully saturated rings. The normalized spacial score (nSPS) is 11.1. The van der Waals surface area contributed by atoms with Crippen molar-refractivity contribution >= 4 is 27.3 Å². The summed E-state index contributed by atoms with van der Waals surface area (Å²) >= 11 is 0. The average molecular weight is 398 g/mol. The molecule has 5 nitrogen and oxygen atoms in total. The van der Waals surface area contributed by atoms with Gasteiger partial charge in [-0.3, -0.25) is 9.10 Å². The van der Waals surface area contributed by atoms with Gasteiger partial charge in [-0.15, -0.1) is 0 Å². The molecule has 144 valence electrons. The van der Waals surface area contributed by atoms with Gasteiger partial charge in [0.1, 0.15) is 5.82 Å². The summed E-state index contributed by atoms with van der Waals surface area (Å²) in [5, 5.41) is 2.46. The molecule has 3 aromatic carbocycles. The maximum absolute atomic E-state index is 13.8. The van der Waals surface area contributed by atoms with Crippen molar-refractivity contribution < 1.29 is 17.6 Å². The van der Waals surface area contributed by atoms with Crippen LogP contribution in [0.1, 0.15) is 17.3 Å². The molecule has 0 heterocycles. The average Bonchev–Trinajstić information content (AvgIpc) is 2.71. The molecule has 0 saturated carbocycles. The second kappa shape index (κ2) is 8.22. The van der Waals surface area contributed by atoms with Crippen LogP contribution >= 0.6 is 0 Å². The van der Waals surface area contributed by atoms with Crippen molar-refractivity contribution in [3.63, 3.8) is 0 Å². The van der Waals surface area contributed by atoms with Crippen LogP contribution in [0.2, 0.25) is 0 Å². The fourth-order valence-electron chi connectivity index (χ4n) is 2.77. The van der Waals surface area contributed by atoms with E-state index in [4.69, 9.17) is 0 Å². The summed E-state index contributed by atoms with van der Waals surface area (Å²) < 4.78 is 41.2. The number of halogens is 1. The van der Waals surface area contributed by atoms with E-state index in [1.165, 1.54) is 46.8 Å². The Morgan fingerprint density at radius 3 is 2.32 bits per heavy atom. The standard InChI is InChI=1S/C21H19FN2O3S/c1-2-24(17-10-4-3-5-11-17)28(26,27)18-12-8-9-16(15-18)21(25)23-20-14-7-6-13-19(20)22/h3-15H,2H2,1H3,(H,23,25). The number of amides is 1. The summed E-state index contributed by atoms with van der Waals surface area (Å²) in [5.41, 5.74) is 0.680. The molecule has 0 aliphatic carbocycles. The van der Waals surface area contributed by atoms with Gasteiger partial charge in [-0.25, -0.2) is 12.8 Å². The minimum atomic E-state index is -3.86. The number of hydrogen-bond donors (Lipinski definition) is 1. The Kier molecular flexibility index (Phi) is 5.75. The second-order valence-electron chi connectivity index (χ2n) is 5.97. The van der Waals surface area contributed by atoms with Crippen LogP contribution in [0, 0.1) is 5.82 Å². The molecule has 0 aromatic heterocycles. The van der Waals surface area contributed by atoms with Gasteiger partial charge in [-0.2, -0.15) is 0 Å². The number of nitrogens with one attached hydrogen (secondary N) is 1. The monoisotopic (exact) mass is 398 g/mol. The van der Waals surface area contributed by atoms with Gasteiger partial charge >= 0.3 is 0 Å². The number of sulfonamides is 1. The van der Waals surface area contributed by atoms with E-state index in [1.807, 2.05) is 0 Å². The molecule has 0 radical (unpaired) electrons. The van der Waals surface area contributed by atoms with Crippen LogP contribution < -0.4 is 9.62 Å². The Morgan fingerprint density at radius 1 is 0.964 bits per heavy atom. The summed E-state index contributed by atoms with van der Waals surface area (Å²) in [6.07, 6.45) is 0. The van der Waals surface area contributed by atoms with E-state index in [0.717, 1.165) is 0 Å². The third-order valence-corrected chi connectivity index (χ3v) is 6.04. The van der Waals surface area contributed by atoms with Gasteiger partial charge in [0.15, 0.2) is 0 Å². The third kappa shape index (κ3) is 4.04. The molecule has 1 N–H and O–H groups in total. The lowest BCUT2D eigenvalue weighted by Crippen LogP contribution is -2.31. The first-order valence-corrected chi connectivity index (χ1v) is 10.1. The zero-order valence-electron chi connectivity index (χ0n) is 15.2. The van der Waals surface area contributed by atoms with Crippen molar-refractivity contribution in [2.75, 3.05) is 16.2 Å². The number of rotatable bonds is 6. The Morgan fingerprint density at radius 2 is 1.64 bits per heavy atom. The first-order valence-electron chi connectivity index (χ1n) is 8.67. The zero-order chi connectivity index (χ0) is 20.1. The van der Waals surface area contributed by atoms with Gasteiger partial charge < -0.3 is 5.32 Å². The topological polar surface area (TPSA) is 66.5 Å². The lowest BCUT2D eigenvalue weighted by atomic mass is 10.2. The maximum atomic E-state index is 13.8. The van der Waals surface area contributed by atoms with E-state index < -0.39 is 21.7 Å². The van der Waals surface area contributed by atoms with Crippen LogP contribution in [-0.4, -0.2) is 20.9 Å². The lowest BCUT2D eigenvalue weighted by molar-refractivity contribution is 0.102. The smallest absolute Gasteiger partial charge is 0.264 e. The molecule has 1 amide bonds. The van der Waals surface area contributed by atoms with Crippen molar-refractivity contribution in [2.24, 2.45) is 0 Å². The number of benzene rings is 3. The van der Waals surface area contributed by atoms with Crippen molar-refractivity contribution in [3.8, 4) is 0 Å². The van der Waals surface area contributed by atoms with Crippen molar-refractivity contribution in [2.45, 2.75) is 11.8 Å². The number of anilines is 2. The molecule has 0 unspecified atom stereocenters. The van der Waals surface area contributed by atoms with Gasteiger partial charge in [-0.05, 0) is 49.4 Å². The van der Waals surface area contributed by atoms with Crippen molar-refractivity contribution in [3.05, 3.63) is 90.2 Å². The Bertz CT molecular complexity index is 1090. The van der Waals surface area contributed by atoms with E-state index in [2.05, 4.69) is 5.32 Å². The van der Waals surface area contributed by atoms with Gasteiger partial charge in [0, 0.05) is 12.1 Å². The van der Waals surface area contributed by atoms with Crippen LogP contribution in [0.4, 0.5) is 15.8 Å². The predicted molar refractivity (Wildman–Crippen MR) is 107 cm³/mol. The highest BCUT2D eigenvalue weighted by Crippen LogP contribution is 2.24. The highest BCUT2D eigenvalue weighted by molar-refractivity contribution is 7.92. The second-order valence-corrected chi connectivity index (χ2v) is 7.83. The van der Waals surface area contributed by atoms with Crippen LogP contribution in [-0.2, 0) is 10.0 Å². The lowest BCUT2D eigenvalue weighted by Gasteiger charge is -2.23. The number of nitrogens with zero attached hydrogens (tertiary/aromatic N) is 1. The first kappa shape index (κ1) is 19.6. The molecular formula is C21H19FN2O3S. The largest absolute Gasteiger partial charge is 0.319 e. The van der Waals surface area contributed by atoms with Crippen LogP contribution in [0.3, 0.4) is 0 Å². The highest BCUT2D eigenvalue weighted by Gasteiger charge is 2.24. The Labute approximate surface area is 163 Å². The SMILES string of the molecule is CCN(c1ccccc1)S(=O)(=O)c1cccc(C(=O)Nc2ccccc2F)c1. The molecule has 0 bridgehead atoms. The number of carbonyl (C=O) groups excluding carboxylic acids is 1. The Hall–Kier alpha value is -3.19. The Balaban J connectivity index is 1.92. The van der Waals surface area contributed by atoms with Crippen LogP contribution in [0.25, 0.3) is 0 Å². The van der Waals surface area contributed by atoms with Gasteiger partial charge in [0.25, 0.3) is 15.9 Å². The summed E-state index contributed by atoms with van der Waals surface area (Å²) in [6, 6.07) is 20.2. The molecule has 28 heavy (non-hydrogen) atoms. The highest BCUT2D eigenvalue weighted by atomic mass is 32.2. The van der Waals surface area contributed by atoms with Gasteiger partial charge in [0.2, 0.25) is 0 Å². The van der Waals surface area contributed by atoms with E-state index in [1.54, 1.807) is 43.3 Å². The molecule has 0 atom stereocenters. The minimum Gasteiger partial charge on any atom is -0.319 e. The summed E-state index contributed by atoms with van der Waals surface area (Å²) in [6.45, 7) is 1.97. The molecule has 0 spiro atoms. The van der Waals surface area contributed by atoms with Crippen LogP contribution in [0.15, 0.2) is 83.8 Å². The quantitative estimate of drug-likeness (QED) is 0.673. The van der Waals surface area contributed by atoms with Gasteiger partial charge in [-0.1, -0.05) is 36.4 Å². The fourth-order valence-corrected chi connectivity index (χ4v) is 4.29. The van der Waals surface area contributed by atoms with E-state index in [9.17, 15) is 17.6 Å². The summed E-state index contributed by atoms with van der Waals surface area (Å²) in [7, 11) is -3.86. The molecule has 7 heteroatoms. The predicted octanol–water partition coefficient (Wildman–Crippen LogP) is 4.29. The number of hydrogen-bond acceptors (Lipinski definition) is 3.